The van der Waals surface area contributed by atoms with Gasteiger partial charge in [-0.3, -0.25) is 9.78 Å². The summed E-state index contributed by atoms with van der Waals surface area (Å²) in [6, 6.07) is 25.2. The molecule has 0 aliphatic rings. The number of nitrogens with one attached hydrogen (secondary N) is 3. The first-order chi connectivity index (χ1) is 21.1. The first kappa shape index (κ1) is 29.8. The Morgan fingerprint density at radius 2 is 1.79 bits per heavy atom. The van der Waals surface area contributed by atoms with Crippen LogP contribution in [0.3, 0.4) is 0 Å². The topological polar surface area (TPSA) is 108 Å². The standard InChI is InChI=1S/C35H38N4O4/c1-3-4-20-43-33-15-12-28(29-13-16-34(41)39-35(29)33)31(40)23-37-19-17-24-7-9-26(10-8-24)38-27-11-14-32(42-2)30(21-27)25-6-5-18-36-22-25/h5-16,18,21-22,31,37-38,40H,3-4,17,19-20,23H2,1-2H3,(H,39,41)/t31-/m0/s1. The third-order valence-electron chi connectivity index (χ3n) is 7.35. The highest BCUT2D eigenvalue weighted by Crippen LogP contribution is 2.33. The molecule has 0 saturated heterocycles. The number of benzene rings is 3. The van der Waals surface area contributed by atoms with Gasteiger partial charge in [-0.1, -0.05) is 37.6 Å². The molecule has 0 radical (unpaired) electrons. The van der Waals surface area contributed by atoms with Gasteiger partial charge >= 0.3 is 0 Å². The maximum absolute atomic E-state index is 12.0. The molecule has 222 valence electrons. The Morgan fingerprint density at radius 3 is 2.56 bits per heavy atom. The Morgan fingerprint density at radius 1 is 0.977 bits per heavy atom. The third kappa shape index (κ3) is 7.60. The maximum atomic E-state index is 12.0. The lowest BCUT2D eigenvalue weighted by Gasteiger charge is -2.17. The Kier molecular flexibility index (Phi) is 10.0. The molecule has 5 rings (SSSR count). The third-order valence-corrected chi connectivity index (χ3v) is 7.35. The van der Waals surface area contributed by atoms with Crippen LogP contribution in [0.5, 0.6) is 11.5 Å². The molecule has 1 atom stereocenters. The Hall–Kier alpha value is -4.66. The van der Waals surface area contributed by atoms with Gasteiger partial charge in [-0.25, -0.2) is 0 Å². The van der Waals surface area contributed by atoms with E-state index in [1.807, 2.05) is 42.6 Å². The summed E-state index contributed by atoms with van der Waals surface area (Å²) in [5.41, 5.74) is 6.28. The zero-order valence-electron chi connectivity index (χ0n) is 24.6. The number of rotatable bonds is 14. The molecule has 3 aromatic carbocycles. The molecule has 0 amide bonds. The van der Waals surface area contributed by atoms with Gasteiger partial charge in [-0.2, -0.15) is 0 Å². The molecule has 0 aliphatic heterocycles. The number of aliphatic hydroxyl groups excluding tert-OH is 1. The van der Waals surface area contributed by atoms with Crippen molar-refractivity contribution >= 4 is 22.3 Å². The van der Waals surface area contributed by atoms with Crippen molar-refractivity contribution in [1.82, 2.24) is 15.3 Å². The summed E-state index contributed by atoms with van der Waals surface area (Å²) in [5, 5.41) is 18.6. The quantitative estimate of drug-likeness (QED) is 0.113. The van der Waals surface area contributed by atoms with Gasteiger partial charge in [0.2, 0.25) is 5.56 Å². The van der Waals surface area contributed by atoms with Gasteiger partial charge in [0.15, 0.2) is 0 Å². The number of fused-ring (bicyclic) bond motifs is 1. The molecule has 0 bridgehead atoms. The van der Waals surface area contributed by atoms with Crippen molar-refractivity contribution in [1.29, 1.82) is 0 Å². The number of aromatic nitrogens is 2. The molecule has 8 nitrogen and oxygen atoms in total. The van der Waals surface area contributed by atoms with Crippen molar-refractivity contribution in [2.24, 2.45) is 0 Å². The number of methoxy groups -OCH3 is 1. The van der Waals surface area contributed by atoms with Crippen LogP contribution >= 0.6 is 0 Å². The summed E-state index contributed by atoms with van der Waals surface area (Å²) < 4.78 is 11.4. The minimum Gasteiger partial charge on any atom is -0.496 e. The van der Waals surface area contributed by atoms with Crippen LogP contribution < -0.4 is 25.7 Å². The summed E-state index contributed by atoms with van der Waals surface area (Å²) in [5.74, 6) is 1.42. The first-order valence-corrected chi connectivity index (χ1v) is 14.7. The molecule has 43 heavy (non-hydrogen) atoms. The van der Waals surface area contributed by atoms with Crippen LogP contribution in [0.15, 0.2) is 96.1 Å². The van der Waals surface area contributed by atoms with E-state index in [2.05, 4.69) is 57.9 Å². The number of nitrogens with zero attached hydrogens (tertiary/aromatic N) is 1. The van der Waals surface area contributed by atoms with Crippen molar-refractivity contribution in [3.63, 3.8) is 0 Å². The number of anilines is 2. The monoisotopic (exact) mass is 578 g/mol. The fourth-order valence-electron chi connectivity index (χ4n) is 5.02. The van der Waals surface area contributed by atoms with Crippen LogP contribution in [0.4, 0.5) is 11.4 Å². The molecular formula is C35H38N4O4. The second-order valence-corrected chi connectivity index (χ2v) is 10.4. The van der Waals surface area contributed by atoms with Crippen molar-refractivity contribution in [3.8, 4) is 22.6 Å². The fraction of sp³-hybridized carbons (Fsp3) is 0.257. The van der Waals surface area contributed by atoms with E-state index in [0.29, 0.717) is 31.0 Å². The zero-order chi connectivity index (χ0) is 30.0. The van der Waals surface area contributed by atoms with Crippen LogP contribution in [0, 0.1) is 0 Å². The highest BCUT2D eigenvalue weighted by molar-refractivity contribution is 5.87. The minimum absolute atomic E-state index is 0.197. The number of aromatic amines is 1. The highest BCUT2D eigenvalue weighted by Gasteiger charge is 2.15. The van der Waals surface area contributed by atoms with Gasteiger partial charge in [0.1, 0.15) is 11.5 Å². The molecule has 2 aromatic heterocycles. The number of ether oxygens (including phenoxy) is 2. The lowest BCUT2D eigenvalue weighted by Crippen LogP contribution is -2.24. The molecule has 0 fully saturated rings. The van der Waals surface area contributed by atoms with Gasteiger partial charge in [-0.15, -0.1) is 0 Å². The van der Waals surface area contributed by atoms with E-state index >= 15 is 0 Å². The van der Waals surface area contributed by atoms with E-state index in [1.54, 1.807) is 19.4 Å². The predicted molar refractivity (Wildman–Crippen MR) is 172 cm³/mol. The molecular weight excluding hydrogens is 540 g/mol. The number of hydrogen-bond acceptors (Lipinski definition) is 7. The second-order valence-electron chi connectivity index (χ2n) is 10.4. The Labute approximate surface area is 251 Å². The number of aliphatic hydroxyl groups is 1. The van der Waals surface area contributed by atoms with E-state index in [-0.39, 0.29) is 5.56 Å². The van der Waals surface area contributed by atoms with E-state index < -0.39 is 6.10 Å². The largest absolute Gasteiger partial charge is 0.496 e. The molecule has 0 saturated carbocycles. The highest BCUT2D eigenvalue weighted by atomic mass is 16.5. The lowest BCUT2D eigenvalue weighted by atomic mass is 10.0. The van der Waals surface area contributed by atoms with E-state index in [0.717, 1.165) is 58.5 Å². The maximum Gasteiger partial charge on any atom is 0.248 e. The van der Waals surface area contributed by atoms with Crippen molar-refractivity contribution in [3.05, 3.63) is 113 Å². The number of hydrogen-bond donors (Lipinski definition) is 4. The normalized spacial score (nSPS) is 11.8. The van der Waals surface area contributed by atoms with Crippen LogP contribution in [-0.2, 0) is 6.42 Å². The second kappa shape index (κ2) is 14.5. The summed E-state index contributed by atoms with van der Waals surface area (Å²) >= 11 is 0. The van der Waals surface area contributed by atoms with Gasteiger partial charge in [0.25, 0.3) is 0 Å². The first-order valence-electron chi connectivity index (χ1n) is 14.7. The summed E-state index contributed by atoms with van der Waals surface area (Å²) in [6.45, 7) is 3.79. The molecule has 8 heteroatoms. The van der Waals surface area contributed by atoms with Gasteiger partial charge < -0.3 is 30.2 Å². The van der Waals surface area contributed by atoms with Crippen molar-refractivity contribution in [2.75, 3.05) is 32.1 Å². The minimum atomic E-state index is -0.731. The van der Waals surface area contributed by atoms with E-state index in [4.69, 9.17) is 9.47 Å². The van der Waals surface area contributed by atoms with Crippen molar-refractivity contribution < 1.29 is 14.6 Å². The fourth-order valence-corrected chi connectivity index (χ4v) is 5.02. The van der Waals surface area contributed by atoms with Crippen LogP contribution in [0.1, 0.15) is 37.0 Å². The Bertz CT molecular complexity index is 1690. The smallest absolute Gasteiger partial charge is 0.248 e. The number of pyridine rings is 2. The number of H-pyrrole nitrogens is 1. The lowest BCUT2D eigenvalue weighted by molar-refractivity contribution is 0.176. The summed E-state index contributed by atoms with van der Waals surface area (Å²) in [6.07, 6.45) is 5.63. The van der Waals surface area contributed by atoms with Gasteiger partial charge in [0, 0.05) is 52.9 Å². The molecule has 0 spiro atoms. The average Bonchev–Trinajstić information content (AvgIpc) is 3.04. The summed E-state index contributed by atoms with van der Waals surface area (Å²) in [4.78, 5) is 19.1. The zero-order valence-corrected chi connectivity index (χ0v) is 24.6. The van der Waals surface area contributed by atoms with Gasteiger partial charge in [0.05, 0.1) is 25.3 Å². The van der Waals surface area contributed by atoms with Crippen LogP contribution in [0.2, 0.25) is 0 Å². The molecule has 0 aliphatic carbocycles. The number of unbranched alkanes of at least 4 members (excludes halogenated alkanes) is 1. The van der Waals surface area contributed by atoms with E-state index in [1.165, 1.54) is 11.6 Å². The molecule has 0 unspecified atom stereocenters. The predicted octanol–water partition coefficient (Wildman–Crippen LogP) is 6.39. The van der Waals surface area contributed by atoms with Crippen LogP contribution in [-0.4, -0.2) is 41.9 Å². The van der Waals surface area contributed by atoms with Gasteiger partial charge in [-0.05, 0) is 79.0 Å². The Balaban J connectivity index is 1.16. The molecule has 4 N–H and O–H groups in total. The average molecular weight is 579 g/mol. The van der Waals surface area contributed by atoms with Crippen LogP contribution in [0.25, 0.3) is 22.0 Å². The van der Waals surface area contributed by atoms with Crippen molar-refractivity contribution in [2.45, 2.75) is 32.3 Å². The molecule has 5 aromatic rings. The summed E-state index contributed by atoms with van der Waals surface area (Å²) in [7, 11) is 1.67. The SMILES string of the molecule is CCCCOc1ccc([C@@H](O)CNCCc2ccc(Nc3ccc(OC)c(-c4cccnc4)c3)cc2)c2ccc(=O)[nH]c12. The molecule has 2 heterocycles. The van der Waals surface area contributed by atoms with E-state index in [9.17, 15) is 9.90 Å².